The van der Waals surface area contributed by atoms with Crippen LogP contribution in [0.3, 0.4) is 0 Å². The molecule has 0 saturated carbocycles. The maximum atomic E-state index is 10.6. The van der Waals surface area contributed by atoms with Crippen molar-refractivity contribution >= 4 is 5.97 Å². The van der Waals surface area contributed by atoms with Gasteiger partial charge >= 0.3 is 5.97 Å². The lowest BCUT2D eigenvalue weighted by Gasteiger charge is -2.25. The Morgan fingerprint density at radius 2 is 2.44 bits per heavy atom. The fourth-order valence-electron chi connectivity index (χ4n) is 1.87. The molecule has 1 heterocycles. The fourth-order valence-corrected chi connectivity index (χ4v) is 1.87. The van der Waals surface area contributed by atoms with Gasteiger partial charge < -0.3 is 14.6 Å². The van der Waals surface area contributed by atoms with Crippen molar-refractivity contribution in [3.63, 3.8) is 0 Å². The number of hydrogen-bond acceptors (Lipinski definition) is 3. The lowest BCUT2D eigenvalue weighted by atomic mass is 10.0. The smallest absolute Gasteiger partial charge is 0.307 e. The molecular formula is C12H14O4. The van der Waals surface area contributed by atoms with E-state index in [1.807, 2.05) is 18.2 Å². The number of carbonyl (C=O) groups is 1. The van der Waals surface area contributed by atoms with Gasteiger partial charge in [0.25, 0.3) is 0 Å². The highest BCUT2D eigenvalue weighted by Gasteiger charge is 2.22. The molecule has 4 nitrogen and oxygen atoms in total. The Labute approximate surface area is 93.8 Å². The Hall–Kier alpha value is -1.71. The van der Waals surface area contributed by atoms with E-state index in [-0.39, 0.29) is 12.5 Å². The highest BCUT2D eigenvalue weighted by molar-refractivity contribution is 5.67. The molecule has 0 saturated heterocycles. The van der Waals surface area contributed by atoms with Gasteiger partial charge in [-0.1, -0.05) is 6.07 Å². The van der Waals surface area contributed by atoms with Gasteiger partial charge in [0.15, 0.2) is 0 Å². The topological polar surface area (TPSA) is 55.8 Å². The molecule has 0 unspecified atom stereocenters. The van der Waals surface area contributed by atoms with Crippen molar-refractivity contribution in [2.45, 2.75) is 25.4 Å². The number of benzene rings is 1. The number of methoxy groups -OCH3 is 1. The monoisotopic (exact) mass is 222 g/mol. The summed E-state index contributed by atoms with van der Waals surface area (Å²) in [6.45, 7) is 0. The summed E-state index contributed by atoms with van der Waals surface area (Å²) >= 11 is 0. The third-order valence-corrected chi connectivity index (χ3v) is 2.71. The van der Waals surface area contributed by atoms with E-state index in [4.69, 9.17) is 14.6 Å². The average molecular weight is 222 g/mol. The van der Waals surface area contributed by atoms with Crippen molar-refractivity contribution in [3.05, 3.63) is 23.8 Å². The molecule has 4 heteroatoms. The normalized spacial score (nSPS) is 18.4. The van der Waals surface area contributed by atoms with Crippen LogP contribution in [0.15, 0.2) is 18.2 Å². The predicted molar refractivity (Wildman–Crippen MR) is 58.0 cm³/mol. The molecule has 1 aromatic rings. The number of rotatable bonds is 3. The van der Waals surface area contributed by atoms with Gasteiger partial charge in [0.1, 0.15) is 17.6 Å². The molecule has 0 bridgehead atoms. The predicted octanol–water partition coefficient (Wildman–Crippen LogP) is 1.86. The lowest BCUT2D eigenvalue weighted by Crippen LogP contribution is -2.25. The van der Waals surface area contributed by atoms with Crippen LogP contribution in [-0.4, -0.2) is 24.3 Å². The molecule has 1 atom stereocenters. The molecule has 1 aliphatic rings. The first-order chi connectivity index (χ1) is 7.69. The molecule has 0 aromatic heterocycles. The summed E-state index contributed by atoms with van der Waals surface area (Å²) in [5.74, 6) is 0.655. The molecular weight excluding hydrogens is 208 g/mol. The third kappa shape index (κ3) is 2.27. The minimum Gasteiger partial charge on any atom is -0.497 e. The number of ether oxygens (including phenoxy) is 2. The van der Waals surface area contributed by atoms with Gasteiger partial charge in [0.2, 0.25) is 0 Å². The Bertz CT molecular complexity index is 400. The van der Waals surface area contributed by atoms with Crippen LogP contribution in [0.2, 0.25) is 0 Å². The molecule has 2 rings (SSSR count). The van der Waals surface area contributed by atoms with Crippen molar-refractivity contribution in [1.29, 1.82) is 0 Å². The second-order valence-corrected chi connectivity index (χ2v) is 3.85. The van der Waals surface area contributed by atoms with E-state index >= 15 is 0 Å². The van der Waals surface area contributed by atoms with Gasteiger partial charge in [-0.05, 0) is 24.5 Å². The van der Waals surface area contributed by atoms with Crippen LogP contribution in [0.1, 0.15) is 18.4 Å². The van der Waals surface area contributed by atoms with E-state index in [0.29, 0.717) is 0 Å². The standard InChI is InChI=1S/C12H14O4/c1-15-9-4-2-8-3-5-10(7-12(13)14)16-11(8)6-9/h2,4,6,10H,3,5,7H2,1H3,(H,13,14)/t10-/m0/s1. The first-order valence-electron chi connectivity index (χ1n) is 5.24. The summed E-state index contributed by atoms with van der Waals surface area (Å²) in [6, 6.07) is 5.66. The maximum absolute atomic E-state index is 10.6. The molecule has 16 heavy (non-hydrogen) atoms. The summed E-state index contributed by atoms with van der Waals surface area (Å²) in [5, 5.41) is 8.71. The second kappa shape index (κ2) is 4.43. The third-order valence-electron chi connectivity index (χ3n) is 2.71. The average Bonchev–Trinajstić information content (AvgIpc) is 2.27. The Morgan fingerprint density at radius 3 is 3.12 bits per heavy atom. The number of aryl methyl sites for hydroxylation is 1. The van der Waals surface area contributed by atoms with Crippen LogP contribution >= 0.6 is 0 Å². The zero-order valence-electron chi connectivity index (χ0n) is 9.10. The van der Waals surface area contributed by atoms with E-state index < -0.39 is 5.97 Å². The molecule has 86 valence electrons. The van der Waals surface area contributed by atoms with E-state index in [1.165, 1.54) is 0 Å². The van der Waals surface area contributed by atoms with Crippen molar-refractivity contribution < 1.29 is 19.4 Å². The lowest BCUT2D eigenvalue weighted by molar-refractivity contribution is -0.139. The Balaban J connectivity index is 2.14. The Kier molecular flexibility index (Phi) is 2.99. The largest absolute Gasteiger partial charge is 0.497 e. The second-order valence-electron chi connectivity index (χ2n) is 3.85. The van der Waals surface area contributed by atoms with Crippen molar-refractivity contribution in [2.75, 3.05) is 7.11 Å². The van der Waals surface area contributed by atoms with Crippen molar-refractivity contribution in [3.8, 4) is 11.5 Å². The summed E-state index contributed by atoms with van der Waals surface area (Å²) in [7, 11) is 1.60. The van der Waals surface area contributed by atoms with Gasteiger partial charge in [-0.15, -0.1) is 0 Å². The number of carboxylic acid groups (broad SMARTS) is 1. The van der Waals surface area contributed by atoms with E-state index in [0.717, 1.165) is 29.9 Å². The quantitative estimate of drug-likeness (QED) is 0.848. The highest BCUT2D eigenvalue weighted by Crippen LogP contribution is 2.31. The van der Waals surface area contributed by atoms with Crippen LogP contribution in [0, 0.1) is 0 Å². The number of hydrogen-bond donors (Lipinski definition) is 1. The van der Waals surface area contributed by atoms with Gasteiger partial charge in [-0.2, -0.15) is 0 Å². The van der Waals surface area contributed by atoms with Crippen LogP contribution in [0.25, 0.3) is 0 Å². The SMILES string of the molecule is COc1ccc2c(c1)O[C@H](CC(=O)O)CC2. The molecule has 0 amide bonds. The van der Waals surface area contributed by atoms with Gasteiger partial charge in [0, 0.05) is 6.07 Å². The minimum atomic E-state index is -0.823. The minimum absolute atomic E-state index is 0.0522. The Morgan fingerprint density at radius 1 is 1.62 bits per heavy atom. The fraction of sp³-hybridized carbons (Fsp3) is 0.417. The molecule has 0 aliphatic carbocycles. The number of aliphatic carboxylic acids is 1. The molecule has 1 N–H and O–H groups in total. The molecule has 0 radical (unpaired) electrons. The number of fused-ring (bicyclic) bond motifs is 1. The summed E-state index contributed by atoms with van der Waals surface area (Å²) in [5.41, 5.74) is 1.11. The zero-order valence-corrected chi connectivity index (χ0v) is 9.10. The summed E-state index contributed by atoms with van der Waals surface area (Å²) < 4.78 is 10.7. The zero-order chi connectivity index (χ0) is 11.5. The van der Waals surface area contributed by atoms with E-state index in [1.54, 1.807) is 7.11 Å². The van der Waals surface area contributed by atoms with E-state index in [9.17, 15) is 4.79 Å². The highest BCUT2D eigenvalue weighted by atomic mass is 16.5. The van der Waals surface area contributed by atoms with E-state index in [2.05, 4.69) is 0 Å². The van der Waals surface area contributed by atoms with Crippen LogP contribution in [0.5, 0.6) is 11.5 Å². The van der Waals surface area contributed by atoms with Gasteiger partial charge in [0.05, 0.1) is 13.5 Å². The molecule has 0 fully saturated rings. The summed E-state index contributed by atoms with van der Waals surface area (Å²) in [6.07, 6.45) is 1.44. The van der Waals surface area contributed by atoms with Crippen molar-refractivity contribution in [2.24, 2.45) is 0 Å². The molecule has 1 aliphatic heterocycles. The van der Waals surface area contributed by atoms with Crippen LogP contribution in [-0.2, 0) is 11.2 Å². The number of carboxylic acids is 1. The summed E-state index contributed by atoms with van der Waals surface area (Å²) in [4.78, 5) is 10.6. The maximum Gasteiger partial charge on any atom is 0.307 e. The first-order valence-corrected chi connectivity index (χ1v) is 5.24. The van der Waals surface area contributed by atoms with Gasteiger partial charge in [-0.25, -0.2) is 0 Å². The van der Waals surface area contributed by atoms with Crippen LogP contribution in [0.4, 0.5) is 0 Å². The van der Waals surface area contributed by atoms with Gasteiger partial charge in [-0.3, -0.25) is 4.79 Å². The van der Waals surface area contributed by atoms with Crippen LogP contribution < -0.4 is 9.47 Å². The molecule has 0 spiro atoms. The first kappa shape index (κ1) is 10.8. The molecule has 1 aromatic carbocycles. The van der Waals surface area contributed by atoms with Crippen molar-refractivity contribution in [1.82, 2.24) is 0 Å².